The van der Waals surface area contributed by atoms with Gasteiger partial charge in [0.05, 0.1) is 40.3 Å². The molecule has 9 heteroatoms. The van der Waals surface area contributed by atoms with Crippen LogP contribution in [-0.2, 0) is 33.3 Å². The number of carbonyl (C=O) groups excluding carboxylic acids is 3. The maximum absolute atomic E-state index is 12.9. The minimum atomic E-state index is -1.63. The van der Waals surface area contributed by atoms with Crippen LogP contribution in [0.4, 0.5) is 0 Å². The van der Waals surface area contributed by atoms with Gasteiger partial charge >= 0.3 is 11.9 Å². The lowest BCUT2D eigenvalue weighted by atomic mass is 10.0. The van der Waals surface area contributed by atoms with Gasteiger partial charge in [-0.2, -0.15) is 0 Å². The Kier molecular flexibility index (Phi) is 65.0. The van der Waals surface area contributed by atoms with Crippen molar-refractivity contribution < 1.29 is 42.9 Å². The summed E-state index contributed by atoms with van der Waals surface area (Å²) >= 11 is 0. The number of carbonyl (C=O) groups is 3. The van der Waals surface area contributed by atoms with E-state index in [2.05, 4.69) is 62.5 Å². The summed E-state index contributed by atoms with van der Waals surface area (Å²) in [6.45, 7) is 4.77. The van der Waals surface area contributed by atoms with Crippen LogP contribution in [0.1, 0.15) is 361 Å². The average molecular weight is 1200 g/mol. The van der Waals surface area contributed by atoms with Gasteiger partial charge in [-0.05, 0) is 77.0 Å². The summed E-state index contributed by atoms with van der Waals surface area (Å²) in [7, 11) is 5.93. The molecule has 0 aromatic heterocycles. The lowest BCUT2D eigenvalue weighted by Gasteiger charge is -2.26. The minimum absolute atomic E-state index is 0.146. The van der Waals surface area contributed by atoms with Crippen LogP contribution >= 0.6 is 0 Å². The van der Waals surface area contributed by atoms with E-state index in [1.165, 1.54) is 257 Å². The topological polar surface area (TPSA) is 111 Å². The first-order valence-electron chi connectivity index (χ1n) is 36.8. The fraction of sp³-hybridized carbons (Fsp3) is 0.855. The largest absolute Gasteiger partial charge is 0.545 e. The summed E-state index contributed by atoms with van der Waals surface area (Å²) in [6.07, 6.45) is 83.7. The van der Waals surface area contributed by atoms with Crippen molar-refractivity contribution in [2.24, 2.45) is 0 Å². The molecule has 0 aliphatic rings. The van der Waals surface area contributed by atoms with Gasteiger partial charge in [0.25, 0.3) is 0 Å². The Morgan fingerprint density at radius 3 is 0.953 bits per heavy atom. The smallest absolute Gasteiger partial charge is 0.306 e. The number of carboxylic acids is 1. The molecule has 0 fully saturated rings. The van der Waals surface area contributed by atoms with Gasteiger partial charge in [-0.25, -0.2) is 0 Å². The number of carboxylic acid groups (broad SMARTS) is 1. The van der Waals surface area contributed by atoms with Crippen molar-refractivity contribution in [3.63, 3.8) is 0 Å². The van der Waals surface area contributed by atoms with Crippen molar-refractivity contribution in [3.8, 4) is 0 Å². The third kappa shape index (κ3) is 68.6. The van der Waals surface area contributed by atoms with Gasteiger partial charge in [-0.15, -0.1) is 0 Å². The Bertz CT molecular complexity index is 1530. The molecule has 2 atom stereocenters. The zero-order valence-corrected chi connectivity index (χ0v) is 57.0. The number of rotatable bonds is 69. The first kappa shape index (κ1) is 82.2. The van der Waals surface area contributed by atoms with Crippen LogP contribution in [0.5, 0.6) is 0 Å². The number of likely N-dealkylation sites (N-methyl/N-ethyl adjacent to an activating group) is 1. The summed E-state index contributed by atoms with van der Waals surface area (Å²) < 4.78 is 22.8. The molecular weight excluding hydrogens is 1050 g/mol. The molecule has 0 saturated carbocycles. The molecule has 0 aromatic rings. The zero-order valence-electron chi connectivity index (χ0n) is 57.0. The van der Waals surface area contributed by atoms with Crippen molar-refractivity contribution >= 4 is 17.9 Å². The number of unbranched alkanes of at least 4 members (excludes halogenated alkanes) is 46. The maximum atomic E-state index is 12.9. The van der Waals surface area contributed by atoms with Crippen molar-refractivity contribution in [2.45, 2.75) is 373 Å². The Labute approximate surface area is 527 Å². The fourth-order valence-electron chi connectivity index (χ4n) is 10.9. The quantitative estimate of drug-likeness (QED) is 0.0195. The van der Waals surface area contributed by atoms with Crippen molar-refractivity contribution in [3.05, 3.63) is 48.6 Å². The SMILES string of the molecule is CCCCCCC/C=C\C/C=C\C/C=C\CCCCCCCCC(=O)OC(COC(=O)CCCCCCCCCCCCCCCCCCCCCCCCCCCCC/C=C\CCCCCCCCCC)COC(OCC[N+](C)(C)C)C(=O)[O-]. The van der Waals surface area contributed by atoms with Crippen molar-refractivity contribution in [1.29, 1.82) is 0 Å². The second-order valence-corrected chi connectivity index (χ2v) is 26.2. The van der Waals surface area contributed by atoms with Gasteiger partial charge in [0.1, 0.15) is 13.2 Å². The van der Waals surface area contributed by atoms with E-state index >= 15 is 0 Å². The van der Waals surface area contributed by atoms with Gasteiger partial charge < -0.3 is 33.3 Å². The highest BCUT2D eigenvalue weighted by Crippen LogP contribution is 2.19. The highest BCUT2D eigenvalue weighted by atomic mass is 16.7. The van der Waals surface area contributed by atoms with E-state index in [0.717, 1.165) is 70.6 Å². The Balaban J connectivity index is 3.97. The normalized spacial score (nSPS) is 12.9. The molecule has 0 rings (SSSR count). The summed E-state index contributed by atoms with van der Waals surface area (Å²) in [5.74, 6) is -2.28. The second kappa shape index (κ2) is 67.2. The molecule has 9 nitrogen and oxygen atoms in total. The van der Waals surface area contributed by atoms with E-state index in [-0.39, 0.29) is 32.2 Å². The van der Waals surface area contributed by atoms with Crippen LogP contribution in [0, 0.1) is 0 Å². The number of nitrogens with zero attached hydrogens (tertiary/aromatic N) is 1. The van der Waals surface area contributed by atoms with E-state index in [0.29, 0.717) is 23.9 Å². The predicted octanol–water partition coefficient (Wildman–Crippen LogP) is 21.6. The molecule has 0 aliphatic carbocycles. The highest BCUT2D eigenvalue weighted by molar-refractivity contribution is 5.70. The first-order valence-corrected chi connectivity index (χ1v) is 36.8. The molecule has 0 saturated heterocycles. The predicted molar refractivity (Wildman–Crippen MR) is 362 cm³/mol. The van der Waals surface area contributed by atoms with Crippen LogP contribution in [-0.4, -0.2) is 82.3 Å². The van der Waals surface area contributed by atoms with Crippen LogP contribution in [0.15, 0.2) is 48.6 Å². The molecule has 2 unspecified atom stereocenters. The van der Waals surface area contributed by atoms with Crippen LogP contribution < -0.4 is 5.11 Å². The maximum Gasteiger partial charge on any atom is 0.306 e. The summed E-state index contributed by atoms with van der Waals surface area (Å²) in [6, 6.07) is 0. The van der Waals surface area contributed by atoms with Gasteiger partial charge in [0.2, 0.25) is 0 Å². The zero-order chi connectivity index (χ0) is 61.9. The van der Waals surface area contributed by atoms with E-state index in [1.807, 2.05) is 21.1 Å². The van der Waals surface area contributed by atoms with Crippen molar-refractivity contribution in [2.75, 3.05) is 47.5 Å². The first-order chi connectivity index (χ1) is 41.6. The number of hydrogen-bond acceptors (Lipinski definition) is 8. The summed E-state index contributed by atoms with van der Waals surface area (Å²) in [5.41, 5.74) is 0. The lowest BCUT2D eigenvalue weighted by molar-refractivity contribution is -0.870. The number of quaternary nitrogens is 1. The third-order valence-corrected chi connectivity index (χ3v) is 16.5. The van der Waals surface area contributed by atoms with E-state index in [1.54, 1.807) is 0 Å². The van der Waals surface area contributed by atoms with Crippen LogP contribution in [0.25, 0.3) is 0 Å². The molecule has 0 spiro atoms. The molecule has 0 aromatic carbocycles. The standard InChI is InChI=1S/C76H141NO8/c1-6-8-10-12-14-16-18-20-22-24-26-28-29-30-31-32-33-34-35-36-37-38-39-40-41-42-43-44-45-47-48-50-52-54-56-58-60-62-64-66-73(78)83-70-72(71-84-76(75(80)81)82-69-68-77(3,4)5)85-74(79)67-65-63-61-59-57-55-53-51-49-46-27-25-23-21-19-17-15-13-11-9-7-2/h19,21,24-27,49,51,72,76H,6-18,20,22-23,28-48,50,52-71H2,1-5H3/b21-19-,26-24-,27-25-,51-49-. The number of allylic oxidation sites excluding steroid dienone is 8. The molecule has 0 N–H and O–H groups in total. The lowest BCUT2D eigenvalue weighted by Crippen LogP contribution is -2.44. The monoisotopic (exact) mass is 1200 g/mol. The van der Waals surface area contributed by atoms with E-state index in [4.69, 9.17) is 18.9 Å². The second-order valence-electron chi connectivity index (χ2n) is 26.2. The number of esters is 2. The van der Waals surface area contributed by atoms with Gasteiger partial charge in [0, 0.05) is 12.8 Å². The van der Waals surface area contributed by atoms with E-state index < -0.39 is 24.3 Å². The third-order valence-electron chi connectivity index (χ3n) is 16.5. The molecule has 0 aliphatic heterocycles. The number of aliphatic carboxylic acids is 1. The molecule has 0 radical (unpaired) electrons. The van der Waals surface area contributed by atoms with Gasteiger partial charge in [-0.3, -0.25) is 9.59 Å². The Morgan fingerprint density at radius 1 is 0.353 bits per heavy atom. The molecule has 498 valence electrons. The van der Waals surface area contributed by atoms with Crippen molar-refractivity contribution in [1.82, 2.24) is 0 Å². The minimum Gasteiger partial charge on any atom is -0.545 e. The number of ether oxygens (including phenoxy) is 4. The molecule has 0 heterocycles. The molecule has 0 bridgehead atoms. The van der Waals surface area contributed by atoms with Crippen LogP contribution in [0.2, 0.25) is 0 Å². The summed E-state index contributed by atoms with van der Waals surface area (Å²) in [5, 5.41) is 11.8. The average Bonchev–Trinajstić information content (AvgIpc) is 3.48. The number of hydrogen-bond donors (Lipinski definition) is 0. The van der Waals surface area contributed by atoms with Gasteiger partial charge in [0.15, 0.2) is 12.4 Å². The molecular formula is C76H141NO8. The van der Waals surface area contributed by atoms with Gasteiger partial charge in [-0.1, -0.05) is 319 Å². The molecule has 85 heavy (non-hydrogen) atoms. The Morgan fingerprint density at radius 2 is 0.635 bits per heavy atom. The Hall–Kier alpha value is -2.75. The fourth-order valence-corrected chi connectivity index (χ4v) is 10.9. The van der Waals surface area contributed by atoms with Crippen LogP contribution in [0.3, 0.4) is 0 Å². The molecule has 0 amide bonds. The highest BCUT2D eigenvalue weighted by Gasteiger charge is 2.22. The van der Waals surface area contributed by atoms with E-state index in [9.17, 15) is 19.5 Å². The summed E-state index contributed by atoms with van der Waals surface area (Å²) in [4.78, 5) is 37.5.